The summed E-state index contributed by atoms with van der Waals surface area (Å²) in [5.41, 5.74) is 0.794. The second kappa shape index (κ2) is 10.1. The van der Waals surface area contributed by atoms with E-state index in [2.05, 4.69) is 15.5 Å². The second-order valence-corrected chi connectivity index (χ2v) is 6.05. The van der Waals surface area contributed by atoms with Crippen molar-refractivity contribution in [3.05, 3.63) is 36.4 Å². The number of aliphatic hydroxyl groups is 1. The number of nitrogens with one attached hydrogen (secondary N) is 1. The van der Waals surface area contributed by atoms with Gasteiger partial charge in [-0.25, -0.2) is 0 Å². The third-order valence-corrected chi connectivity index (χ3v) is 3.75. The molecule has 140 valence electrons. The number of ether oxygens (including phenoxy) is 1. The minimum absolute atomic E-state index is 0. The van der Waals surface area contributed by atoms with Crippen LogP contribution in [0.5, 0.6) is 0 Å². The number of β-amino-alcohol motifs (C(OH)–C–C–N with tert-alkyl or cyclic N) is 1. The molecule has 2 aromatic rings. The van der Waals surface area contributed by atoms with E-state index < -0.39 is 5.60 Å². The molecule has 25 heavy (non-hydrogen) atoms. The van der Waals surface area contributed by atoms with E-state index in [1.807, 2.05) is 30.1 Å². The van der Waals surface area contributed by atoms with Crippen molar-refractivity contribution in [3.8, 4) is 11.3 Å². The van der Waals surface area contributed by atoms with Crippen molar-refractivity contribution in [1.82, 2.24) is 20.4 Å². The summed E-state index contributed by atoms with van der Waals surface area (Å²) in [5, 5.41) is 17.9. The molecule has 1 saturated heterocycles. The zero-order chi connectivity index (χ0) is 16.1. The Morgan fingerprint density at radius 3 is 3.00 bits per heavy atom. The predicted octanol–water partition coefficient (Wildman–Crippen LogP) is 1.36. The van der Waals surface area contributed by atoms with Crippen molar-refractivity contribution in [3.63, 3.8) is 0 Å². The maximum absolute atomic E-state index is 10.6. The van der Waals surface area contributed by atoms with Gasteiger partial charge in [0.1, 0.15) is 11.3 Å². The van der Waals surface area contributed by atoms with Crippen LogP contribution in [0.4, 0.5) is 0 Å². The molecule has 7 nitrogen and oxygen atoms in total. The summed E-state index contributed by atoms with van der Waals surface area (Å²) < 4.78 is 10.8. The fourth-order valence-electron chi connectivity index (χ4n) is 2.74. The van der Waals surface area contributed by atoms with Gasteiger partial charge in [0.2, 0.25) is 0 Å². The Bertz CT molecular complexity index is 619. The van der Waals surface area contributed by atoms with Gasteiger partial charge in [-0.3, -0.25) is 9.88 Å². The van der Waals surface area contributed by atoms with Crippen molar-refractivity contribution in [2.24, 2.45) is 0 Å². The van der Waals surface area contributed by atoms with Crippen LogP contribution in [-0.4, -0.2) is 65.6 Å². The van der Waals surface area contributed by atoms with E-state index in [1.54, 1.807) is 12.4 Å². The largest absolute Gasteiger partial charge is 0.385 e. The second-order valence-electron chi connectivity index (χ2n) is 6.05. The first kappa shape index (κ1) is 21.8. The summed E-state index contributed by atoms with van der Waals surface area (Å²) in [7, 11) is 1.94. The number of hydrogen-bond donors (Lipinski definition) is 2. The van der Waals surface area contributed by atoms with E-state index in [0.29, 0.717) is 32.8 Å². The standard InChI is InChI=1S/C16H22N4O3.2ClH/c1-20(11-16(21)10-18-5-6-22-12-16)9-14-7-15(19-23-14)13-3-2-4-17-8-13;;/h2-4,7-8,18,21H,5-6,9-12H2,1H3;2*1H. The van der Waals surface area contributed by atoms with Gasteiger partial charge >= 0.3 is 0 Å². The third-order valence-electron chi connectivity index (χ3n) is 3.75. The van der Waals surface area contributed by atoms with Crippen LogP contribution in [0, 0.1) is 0 Å². The maximum Gasteiger partial charge on any atom is 0.151 e. The Hall–Kier alpha value is -1.22. The van der Waals surface area contributed by atoms with E-state index in [1.165, 1.54) is 0 Å². The van der Waals surface area contributed by atoms with Crippen LogP contribution in [0.3, 0.4) is 0 Å². The molecule has 0 saturated carbocycles. The summed E-state index contributed by atoms with van der Waals surface area (Å²) >= 11 is 0. The molecule has 2 aromatic heterocycles. The van der Waals surface area contributed by atoms with Crippen LogP contribution in [0.15, 0.2) is 35.1 Å². The van der Waals surface area contributed by atoms with Crippen molar-refractivity contribution in [1.29, 1.82) is 0 Å². The lowest BCUT2D eigenvalue weighted by molar-refractivity contribution is -0.0469. The van der Waals surface area contributed by atoms with Gasteiger partial charge in [0.25, 0.3) is 0 Å². The van der Waals surface area contributed by atoms with Crippen LogP contribution in [0.2, 0.25) is 0 Å². The molecule has 1 aliphatic heterocycles. The molecule has 3 heterocycles. The fourth-order valence-corrected chi connectivity index (χ4v) is 2.74. The van der Waals surface area contributed by atoms with Gasteiger partial charge < -0.3 is 19.7 Å². The van der Waals surface area contributed by atoms with Crippen molar-refractivity contribution >= 4 is 24.8 Å². The molecule has 0 aliphatic carbocycles. The normalized spacial score (nSPS) is 20.4. The first-order chi connectivity index (χ1) is 11.1. The molecule has 0 bridgehead atoms. The van der Waals surface area contributed by atoms with Gasteiger partial charge in [0.05, 0.1) is 19.8 Å². The molecule has 1 atom stereocenters. The molecule has 0 amide bonds. The zero-order valence-electron chi connectivity index (χ0n) is 14.1. The molecule has 2 N–H and O–H groups in total. The minimum atomic E-state index is -0.891. The smallest absolute Gasteiger partial charge is 0.151 e. The fraction of sp³-hybridized carbons (Fsp3) is 0.500. The Morgan fingerprint density at radius 1 is 1.40 bits per heavy atom. The summed E-state index contributed by atoms with van der Waals surface area (Å²) in [6.07, 6.45) is 3.48. The van der Waals surface area contributed by atoms with E-state index in [-0.39, 0.29) is 24.8 Å². The Labute approximate surface area is 159 Å². The highest BCUT2D eigenvalue weighted by Gasteiger charge is 2.30. The monoisotopic (exact) mass is 390 g/mol. The van der Waals surface area contributed by atoms with Gasteiger partial charge in [-0.05, 0) is 19.2 Å². The van der Waals surface area contributed by atoms with Crippen molar-refractivity contribution in [2.45, 2.75) is 12.1 Å². The van der Waals surface area contributed by atoms with Crippen molar-refractivity contribution in [2.75, 3.05) is 39.9 Å². The molecule has 3 rings (SSSR count). The van der Waals surface area contributed by atoms with Gasteiger partial charge in [-0.15, -0.1) is 24.8 Å². The third kappa shape index (κ3) is 6.22. The van der Waals surface area contributed by atoms with Gasteiger partial charge in [0.15, 0.2) is 5.76 Å². The zero-order valence-corrected chi connectivity index (χ0v) is 15.7. The number of likely N-dealkylation sites (N-methyl/N-ethyl adjacent to an activating group) is 1. The molecule has 1 unspecified atom stereocenters. The summed E-state index contributed by atoms with van der Waals surface area (Å²) in [5.74, 6) is 0.748. The van der Waals surface area contributed by atoms with E-state index in [9.17, 15) is 5.11 Å². The van der Waals surface area contributed by atoms with Gasteiger partial charge in [-0.2, -0.15) is 0 Å². The molecule has 0 spiro atoms. The number of rotatable bonds is 5. The van der Waals surface area contributed by atoms with E-state index >= 15 is 0 Å². The molecular formula is C16H24Cl2N4O3. The Kier molecular flexibility index (Phi) is 8.78. The maximum atomic E-state index is 10.6. The number of hydrogen-bond acceptors (Lipinski definition) is 7. The summed E-state index contributed by atoms with van der Waals surface area (Å²) in [6, 6.07) is 5.71. The Balaban J connectivity index is 0.00000156. The summed E-state index contributed by atoms with van der Waals surface area (Å²) in [6.45, 7) is 3.31. The molecule has 0 radical (unpaired) electrons. The first-order valence-electron chi connectivity index (χ1n) is 7.70. The SMILES string of the molecule is CN(Cc1cc(-c2cccnc2)no1)CC1(O)CNCCOC1.Cl.Cl. The highest BCUT2D eigenvalue weighted by atomic mass is 35.5. The molecule has 1 aliphatic rings. The lowest BCUT2D eigenvalue weighted by atomic mass is 10.1. The number of pyridine rings is 1. The van der Waals surface area contributed by atoms with Crippen LogP contribution >= 0.6 is 24.8 Å². The predicted molar refractivity (Wildman–Crippen MR) is 99.2 cm³/mol. The average molecular weight is 391 g/mol. The number of aromatic nitrogens is 2. The quantitative estimate of drug-likeness (QED) is 0.797. The molecule has 0 aromatic carbocycles. The van der Waals surface area contributed by atoms with Crippen LogP contribution < -0.4 is 5.32 Å². The minimum Gasteiger partial charge on any atom is -0.385 e. The number of nitrogens with zero attached hydrogens (tertiary/aromatic N) is 3. The lowest BCUT2D eigenvalue weighted by Gasteiger charge is -2.30. The van der Waals surface area contributed by atoms with Crippen molar-refractivity contribution < 1.29 is 14.4 Å². The highest BCUT2D eigenvalue weighted by molar-refractivity contribution is 5.85. The van der Waals surface area contributed by atoms with Gasteiger partial charge in [-0.1, -0.05) is 5.16 Å². The molecule has 9 heteroatoms. The first-order valence-corrected chi connectivity index (χ1v) is 7.70. The van der Waals surface area contributed by atoms with Crippen LogP contribution in [-0.2, 0) is 11.3 Å². The highest BCUT2D eigenvalue weighted by Crippen LogP contribution is 2.19. The van der Waals surface area contributed by atoms with Crippen LogP contribution in [0.25, 0.3) is 11.3 Å². The average Bonchev–Trinajstić information content (AvgIpc) is 2.89. The van der Waals surface area contributed by atoms with Gasteiger partial charge in [0, 0.05) is 43.7 Å². The van der Waals surface area contributed by atoms with Crippen LogP contribution in [0.1, 0.15) is 5.76 Å². The lowest BCUT2D eigenvalue weighted by Crippen LogP contribution is -2.50. The number of halogens is 2. The van der Waals surface area contributed by atoms with E-state index in [4.69, 9.17) is 9.26 Å². The molecular weight excluding hydrogens is 367 g/mol. The Morgan fingerprint density at radius 2 is 2.24 bits per heavy atom. The topological polar surface area (TPSA) is 83.7 Å². The summed E-state index contributed by atoms with van der Waals surface area (Å²) in [4.78, 5) is 6.08. The van der Waals surface area contributed by atoms with E-state index in [0.717, 1.165) is 23.6 Å². The molecule has 1 fully saturated rings.